The zero-order chi connectivity index (χ0) is 37.9. The van der Waals surface area contributed by atoms with E-state index in [1.807, 2.05) is 25.2 Å². The van der Waals surface area contributed by atoms with Crippen LogP contribution in [0.4, 0.5) is 29.2 Å². The number of methoxy groups -OCH3 is 1. The number of phenols is 1. The van der Waals surface area contributed by atoms with Crippen molar-refractivity contribution < 1.29 is 33.7 Å². The van der Waals surface area contributed by atoms with Crippen LogP contribution in [0.3, 0.4) is 0 Å². The predicted octanol–water partition coefficient (Wildman–Crippen LogP) is 5.08. The lowest BCUT2D eigenvalue weighted by molar-refractivity contribution is -0.140. The minimum Gasteiger partial charge on any atom is -0.508 e. The number of aromatic nitrogens is 3. The number of hydrogen-bond donors (Lipinski definition) is 6. The summed E-state index contributed by atoms with van der Waals surface area (Å²) in [6.45, 7) is 3.88. The maximum absolute atomic E-state index is 12.6. The van der Waals surface area contributed by atoms with Gasteiger partial charge < -0.3 is 45.9 Å². The van der Waals surface area contributed by atoms with Crippen LogP contribution in [-0.4, -0.2) is 98.4 Å². The molecule has 3 aromatic carbocycles. The molecule has 4 aromatic rings. The summed E-state index contributed by atoms with van der Waals surface area (Å²) in [5.74, 6) is 0.716. The van der Waals surface area contributed by atoms with Gasteiger partial charge in [0.1, 0.15) is 12.0 Å². The van der Waals surface area contributed by atoms with Crippen LogP contribution in [0, 0.1) is 0 Å². The van der Waals surface area contributed by atoms with Crippen LogP contribution in [-0.2, 0) is 19.0 Å². The lowest BCUT2D eigenvalue weighted by atomic mass is 10.1. The summed E-state index contributed by atoms with van der Waals surface area (Å²) in [5.41, 5.74) is 2.64. The van der Waals surface area contributed by atoms with Crippen molar-refractivity contribution in [3.8, 4) is 5.75 Å². The first-order chi connectivity index (χ1) is 25.9. The third-order valence-electron chi connectivity index (χ3n) is 7.32. The fourth-order valence-corrected chi connectivity index (χ4v) is 4.49. The van der Waals surface area contributed by atoms with Gasteiger partial charge in [-0.25, -0.2) is 0 Å². The van der Waals surface area contributed by atoms with Crippen LogP contribution in [0.5, 0.6) is 5.75 Å². The molecule has 15 heteroatoms. The second-order valence-corrected chi connectivity index (χ2v) is 11.5. The summed E-state index contributed by atoms with van der Waals surface area (Å²) in [6.07, 6.45) is 4.70. The number of ether oxygens (including phenoxy) is 3. The number of aromatic hydroxyl groups is 1. The number of unbranched alkanes of at least 4 members (excludes halogenated alkanes) is 3. The average Bonchev–Trinajstić information content (AvgIpc) is 3.18. The molecule has 284 valence electrons. The Bertz CT molecular complexity index is 1630. The molecule has 0 unspecified atom stereocenters. The fraction of sp³-hybridized carbons (Fsp3) is 0.368. The van der Waals surface area contributed by atoms with Crippen molar-refractivity contribution >= 4 is 47.4 Å². The molecule has 0 atom stereocenters. The standard InChI is InChI=1S/C31H44N8O6.C7H6O/c1-32-17-19-44-21-22-45-20-18-34-29-37-30(39-31(38-29)36-25-12-14-26(40)15-13-25)35-24-10-8-23(9-11-24)28(42)33-16-6-4-3-5-7-27(41)43-2;8-6-7-4-2-1-3-5-7/h8-15,32,40H,3-7,16-22H2,1-2H3,(H,33,42)(H3,34,35,36,37,38,39);1-6H. The van der Waals surface area contributed by atoms with Crippen LogP contribution in [0.1, 0.15) is 52.8 Å². The van der Waals surface area contributed by atoms with Gasteiger partial charge in [0.05, 0.1) is 33.5 Å². The largest absolute Gasteiger partial charge is 0.508 e. The number of rotatable bonds is 23. The molecule has 4 rings (SSSR count). The first kappa shape index (κ1) is 41.8. The lowest BCUT2D eigenvalue weighted by Crippen LogP contribution is -2.24. The Morgan fingerprint density at radius 3 is 1.87 bits per heavy atom. The Balaban J connectivity index is 0.000000832. The Morgan fingerprint density at radius 2 is 1.28 bits per heavy atom. The molecule has 0 aliphatic heterocycles. The monoisotopic (exact) mass is 730 g/mol. The maximum Gasteiger partial charge on any atom is 0.305 e. The van der Waals surface area contributed by atoms with Gasteiger partial charge in [0.25, 0.3) is 5.91 Å². The van der Waals surface area contributed by atoms with E-state index in [9.17, 15) is 19.5 Å². The highest BCUT2D eigenvalue weighted by atomic mass is 16.5. The molecule has 6 N–H and O–H groups in total. The third kappa shape index (κ3) is 17.9. The van der Waals surface area contributed by atoms with Crippen LogP contribution in [0.2, 0.25) is 0 Å². The normalized spacial score (nSPS) is 10.4. The third-order valence-corrected chi connectivity index (χ3v) is 7.32. The van der Waals surface area contributed by atoms with E-state index in [4.69, 9.17) is 9.47 Å². The molecule has 0 saturated heterocycles. The van der Waals surface area contributed by atoms with Gasteiger partial charge in [0.15, 0.2) is 0 Å². The molecule has 0 aliphatic carbocycles. The second-order valence-electron chi connectivity index (χ2n) is 11.5. The van der Waals surface area contributed by atoms with E-state index < -0.39 is 0 Å². The molecule has 1 amide bonds. The first-order valence-electron chi connectivity index (χ1n) is 17.5. The summed E-state index contributed by atoms with van der Waals surface area (Å²) >= 11 is 0. The molecule has 0 spiro atoms. The first-order valence-corrected chi connectivity index (χ1v) is 17.5. The number of amides is 1. The second kappa shape index (κ2) is 25.3. The lowest BCUT2D eigenvalue weighted by Gasteiger charge is -2.12. The van der Waals surface area contributed by atoms with E-state index in [0.29, 0.717) is 74.8 Å². The highest BCUT2D eigenvalue weighted by molar-refractivity contribution is 5.94. The number of likely N-dealkylation sites (N-methyl/N-ethyl adjacent to an activating group) is 1. The van der Waals surface area contributed by atoms with Crippen molar-refractivity contribution in [1.82, 2.24) is 25.6 Å². The minimum absolute atomic E-state index is 0.151. The highest BCUT2D eigenvalue weighted by Gasteiger charge is 2.10. The summed E-state index contributed by atoms with van der Waals surface area (Å²) in [7, 11) is 3.27. The van der Waals surface area contributed by atoms with E-state index in [-0.39, 0.29) is 23.6 Å². The number of hydrogen-bond acceptors (Lipinski definition) is 14. The molecule has 15 nitrogen and oxygen atoms in total. The summed E-state index contributed by atoms with van der Waals surface area (Å²) in [5, 5.41) is 25.0. The number of phenolic OH excluding ortho intramolecular Hbond substituents is 1. The van der Waals surface area contributed by atoms with Gasteiger partial charge in [0, 0.05) is 48.6 Å². The van der Waals surface area contributed by atoms with Crippen molar-refractivity contribution in [2.75, 3.05) is 76.2 Å². The fourth-order valence-electron chi connectivity index (χ4n) is 4.49. The number of nitrogens with one attached hydrogen (secondary N) is 5. The quantitative estimate of drug-likeness (QED) is 0.0256. The Labute approximate surface area is 310 Å². The van der Waals surface area contributed by atoms with Gasteiger partial charge >= 0.3 is 5.97 Å². The SMILES string of the molecule is CNCCOCCOCCNc1nc(Nc2ccc(O)cc2)nc(Nc2ccc(C(=O)NCCCCCCC(=O)OC)cc2)n1.O=Cc1ccccc1. The molecule has 1 heterocycles. The Kier molecular flexibility index (Phi) is 20.0. The summed E-state index contributed by atoms with van der Waals surface area (Å²) in [4.78, 5) is 47.1. The molecule has 1 aromatic heterocycles. The number of esters is 1. The van der Waals surface area contributed by atoms with Crippen LogP contribution >= 0.6 is 0 Å². The molecule has 53 heavy (non-hydrogen) atoms. The molecule has 0 aliphatic rings. The van der Waals surface area contributed by atoms with Crippen molar-refractivity contribution in [1.29, 1.82) is 0 Å². The molecule has 0 fully saturated rings. The summed E-state index contributed by atoms with van der Waals surface area (Å²) < 4.78 is 15.7. The molecule has 0 bridgehead atoms. The van der Waals surface area contributed by atoms with Crippen molar-refractivity contribution in [3.05, 3.63) is 90.0 Å². The van der Waals surface area contributed by atoms with E-state index in [1.54, 1.807) is 60.7 Å². The maximum atomic E-state index is 12.6. The van der Waals surface area contributed by atoms with E-state index in [0.717, 1.165) is 44.1 Å². The van der Waals surface area contributed by atoms with Crippen LogP contribution < -0.4 is 26.6 Å². The van der Waals surface area contributed by atoms with Crippen LogP contribution in [0.25, 0.3) is 0 Å². The Hall–Kier alpha value is -5.64. The number of aldehydes is 1. The number of carbonyl (C=O) groups is 3. The molecule has 0 radical (unpaired) electrons. The van der Waals surface area contributed by atoms with Gasteiger partial charge in [0.2, 0.25) is 17.8 Å². The van der Waals surface area contributed by atoms with Gasteiger partial charge in [-0.2, -0.15) is 15.0 Å². The van der Waals surface area contributed by atoms with Crippen LogP contribution in [0.15, 0.2) is 78.9 Å². The predicted molar refractivity (Wildman–Crippen MR) is 204 cm³/mol. The number of nitrogens with zero attached hydrogens (tertiary/aromatic N) is 3. The van der Waals surface area contributed by atoms with E-state index in [2.05, 4.69) is 46.3 Å². The number of carbonyl (C=O) groups excluding carboxylic acids is 3. The molecular weight excluding hydrogens is 680 g/mol. The zero-order valence-electron chi connectivity index (χ0n) is 30.3. The topological polar surface area (TPSA) is 198 Å². The van der Waals surface area contributed by atoms with Gasteiger partial charge in [-0.3, -0.25) is 14.4 Å². The van der Waals surface area contributed by atoms with E-state index in [1.165, 1.54) is 7.11 Å². The number of anilines is 5. The van der Waals surface area contributed by atoms with Crippen molar-refractivity contribution in [2.24, 2.45) is 0 Å². The molecule has 0 saturated carbocycles. The Morgan fingerprint density at radius 1 is 0.698 bits per heavy atom. The van der Waals surface area contributed by atoms with E-state index >= 15 is 0 Å². The smallest absolute Gasteiger partial charge is 0.305 e. The highest BCUT2D eigenvalue weighted by Crippen LogP contribution is 2.21. The van der Waals surface area contributed by atoms with Crippen molar-refractivity contribution in [2.45, 2.75) is 32.1 Å². The minimum atomic E-state index is -0.195. The van der Waals surface area contributed by atoms with Gasteiger partial charge in [-0.15, -0.1) is 0 Å². The zero-order valence-corrected chi connectivity index (χ0v) is 30.3. The summed E-state index contributed by atoms with van der Waals surface area (Å²) in [6, 6.07) is 22.6. The van der Waals surface area contributed by atoms with Gasteiger partial charge in [-0.05, 0) is 68.4 Å². The van der Waals surface area contributed by atoms with Gasteiger partial charge in [-0.1, -0.05) is 43.2 Å². The average molecular weight is 731 g/mol. The molecular formula is C38H50N8O7. The number of benzene rings is 3. The van der Waals surface area contributed by atoms with Crippen molar-refractivity contribution in [3.63, 3.8) is 0 Å².